The number of nitrogens with one attached hydrogen (secondary N) is 1. The third-order valence-electron chi connectivity index (χ3n) is 3.32. The van der Waals surface area contributed by atoms with Crippen LogP contribution in [0.15, 0.2) is 24.3 Å². The molecule has 3 nitrogen and oxygen atoms in total. The van der Waals surface area contributed by atoms with Crippen molar-refractivity contribution in [1.82, 2.24) is 5.32 Å². The van der Waals surface area contributed by atoms with Crippen molar-refractivity contribution in [3.63, 3.8) is 0 Å². The topological polar surface area (TPSA) is 55.1 Å². The van der Waals surface area contributed by atoms with E-state index in [4.69, 9.17) is 18.0 Å². The SMILES string of the molecule is CCC(C)(C)CNC(=O)Cc1ccc(C(N)=S)cc1. The molecule has 0 aliphatic rings. The summed E-state index contributed by atoms with van der Waals surface area (Å²) in [7, 11) is 0. The van der Waals surface area contributed by atoms with E-state index in [0.29, 0.717) is 18.0 Å². The maximum absolute atomic E-state index is 11.8. The predicted molar refractivity (Wildman–Crippen MR) is 83.1 cm³/mol. The summed E-state index contributed by atoms with van der Waals surface area (Å²) in [5, 5.41) is 2.97. The van der Waals surface area contributed by atoms with Crippen LogP contribution in [0, 0.1) is 5.41 Å². The van der Waals surface area contributed by atoms with Crippen molar-refractivity contribution in [3.8, 4) is 0 Å². The second kappa shape index (κ2) is 6.66. The van der Waals surface area contributed by atoms with Gasteiger partial charge in [0, 0.05) is 12.1 Å². The van der Waals surface area contributed by atoms with Crippen LogP contribution in [0.25, 0.3) is 0 Å². The summed E-state index contributed by atoms with van der Waals surface area (Å²) in [5.74, 6) is 0.0459. The zero-order chi connectivity index (χ0) is 14.5. The molecule has 0 spiro atoms. The van der Waals surface area contributed by atoms with Gasteiger partial charge in [0.15, 0.2) is 0 Å². The summed E-state index contributed by atoms with van der Waals surface area (Å²) in [5.41, 5.74) is 7.46. The molecule has 0 fully saturated rings. The van der Waals surface area contributed by atoms with E-state index in [1.165, 1.54) is 0 Å². The molecule has 19 heavy (non-hydrogen) atoms. The van der Waals surface area contributed by atoms with Gasteiger partial charge in [-0.3, -0.25) is 4.79 Å². The molecular weight excluding hydrogens is 256 g/mol. The molecule has 1 amide bonds. The lowest BCUT2D eigenvalue weighted by Crippen LogP contribution is -2.34. The van der Waals surface area contributed by atoms with Crippen molar-refractivity contribution in [2.75, 3.05) is 6.54 Å². The third-order valence-corrected chi connectivity index (χ3v) is 3.56. The van der Waals surface area contributed by atoms with Crippen molar-refractivity contribution in [2.45, 2.75) is 33.6 Å². The number of carbonyl (C=O) groups is 1. The molecule has 1 rings (SSSR count). The maximum atomic E-state index is 11.8. The zero-order valence-electron chi connectivity index (χ0n) is 11.8. The van der Waals surface area contributed by atoms with Gasteiger partial charge in [0.25, 0.3) is 0 Å². The Morgan fingerprint density at radius 1 is 1.32 bits per heavy atom. The predicted octanol–water partition coefficient (Wildman–Crippen LogP) is 2.42. The summed E-state index contributed by atoms with van der Waals surface area (Å²) < 4.78 is 0. The normalized spacial score (nSPS) is 11.1. The number of hydrogen-bond acceptors (Lipinski definition) is 2. The fourth-order valence-corrected chi connectivity index (χ4v) is 1.63. The van der Waals surface area contributed by atoms with E-state index in [9.17, 15) is 4.79 Å². The summed E-state index contributed by atoms with van der Waals surface area (Å²) in [4.78, 5) is 12.2. The maximum Gasteiger partial charge on any atom is 0.224 e. The van der Waals surface area contributed by atoms with Crippen molar-refractivity contribution < 1.29 is 4.79 Å². The average molecular weight is 278 g/mol. The van der Waals surface area contributed by atoms with E-state index in [0.717, 1.165) is 17.5 Å². The smallest absolute Gasteiger partial charge is 0.224 e. The molecule has 0 bridgehead atoms. The van der Waals surface area contributed by atoms with Gasteiger partial charge in [-0.05, 0) is 17.4 Å². The fourth-order valence-electron chi connectivity index (χ4n) is 1.50. The van der Waals surface area contributed by atoms with Gasteiger partial charge in [0.1, 0.15) is 4.99 Å². The minimum atomic E-state index is 0.0459. The molecule has 0 atom stereocenters. The average Bonchev–Trinajstić information content (AvgIpc) is 2.37. The molecule has 1 aromatic rings. The van der Waals surface area contributed by atoms with E-state index < -0.39 is 0 Å². The van der Waals surface area contributed by atoms with Crippen LogP contribution in [0.3, 0.4) is 0 Å². The van der Waals surface area contributed by atoms with E-state index in [2.05, 4.69) is 26.1 Å². The van der Waals surface area contributed by atoms with Gasteiger partial charge in [0.05, 0.1) is 6.42 Å². The molecule has 1 aromatic carbocycles. The van der Waals surface area contributed by atoms with Crippen LogP contribution in [0.2, 0.25) is 0 Å². The van der Waals surface area contributed by atoms with E-state index in [1.807, 2.05) is 24.3 Å². The molecule has 0 unspecified atom stereocenters. The van der Waals surface area contributed by atoms with Gasteiger partial charge < -0.3 is 11.1 Å². The number of rotatable bonds is 6. The van der Waals surface area contributed by atoms with Crippen molar-refractivity contribution >= 4 is 23.1 Å². The number of thiocarbonyl (C=S) groups is 1. The quantitative estimate of drug-likeness (QED) is 0.786. The Morgan fingerprint density at radius 3 is 2.37 bits per heavy atom. The first-order valence-corrected chi connectivity index (χ1v) is 6.90. The van der Waals surface area contributed by atoms with Gasteiger partial charge in [-0.2, -0.15) is 0 Å². The molecule has 0 aliphatic heterocycles. The number of amides is 1. The summed E-state index contributed by atoms with van der Waals surface area (Å²) in [6, 6.07) is 7.47. The second-order valence-corrected chi connectivity index (χ2v) is 5.97. The van der Waals surface area contributed by atoms with Gasteiger partial charge in [-0.15, -0.1) is 0 Å². The zero-order valence-corrected chi connectivity index (χ0v) is 12.6. The van der Waals surface area contributed by atoms with Crippen molar-refractivity contribution in [1.29, 1.82) is 0 Å². The Hall–Kier alpha value is -1.42. The number of nitrogens with two attached hydrogens (primary N) is 1. The highest BCUT2D eigenvalue weighted by atomic mass is 32.1. The fraction of sp³-hybridized carbons (Fsp3) is 0.467. The molecule has 0 saturated carbocycles. The molecule has 0 heterocycles. The van der Waals surface area contributed by atoms with E-state index in [-0.39, 0.29) is 11.3 Å². The Labute approximate surface area is 120 Å². The van der Waals surface area contributed by atoms with Gasteiger partial charge in [-0.1, -0.05) is 57.3 Å². The van der Waals surface area contributed by atoms with Crippen molar-refractivity contribution in [2.24, 2.45) is 11.1 Å². The molecule has 3 N–H and O–H groups in total. The largest absolute Gasteiger partial charge is 0.389 e. The van der Waals surface area contributed by atoms with E-state index in [1.54, 1.807) is 0 Å². The Balaban J connectivity index is 2.51. The first-order chi connectivity index (χ1) is 8.84. The molecule has 0 saturated heterocycles. The van der Waals surface area contributed by atoms with E-state index >= 15 is 0 Å². The molecule has 0 radical (unpaired) electrons. The third kappa shape index (κ3) is 5.39. The number of carbonyl (C=O) groups excluding carboxylic acids is 1. The van der Waals surface area contributed by atoms with Crippen LogP contribution >= 0.6 is 12.2 Å². The highest BCUT2D eigenvalue weighted by molar-refractivity contribution is 7.80. The lowest BCUT2D eigenvalue weighted by molar-refractivity contribution is -0.120. The molecular formula is C15H22N2OS. The molecule has 104 valence electrons. The minimum absolute atomic E-state index is 0.0459. The standard InChI is InChI=1S/C15H22N2OS/c1-4-15(2,3)10-17-13(18)9-11-5-7-12(8-6-11)14(16)19/h5-8H,4,9-10H2,1-3H3,(H2,16,19)(H,17,18). The Bertz CT molecular complexity index is 452. The highest BCUT2D eigenvalue weighted by Gasteiger charge is 2.16. The number of hydrogen-bond donors (Lipinski definition) is 2. The summed E-state index contributed by atoms with van der Waals surface area (Å²) in [6.07, 6.45) is 1.42. The minimum Gasteiger partial charge on any atom is -0.389 e. The summed E-state index contributed by atoms with van der Waals surface area (Å²) in [6.45, 7) is 7.11. The van der Waals surface area contributed by atoms with Crippen LogP contribution in [-0.2, 0) is 11.2 Å². The first kappa shape index (κ1) is 15.6. The summed E-state index contributed by atoms with van der Waals surface area (Å²) >= 11 is 4.89. The van der Waals surface area contributed by atoms with Gasteiger partial charge >= 0.3 is 0 Å². The molecule has 0 aromatic heterocycles. The van der Waals surface area contributed by atoms with Crippen LogP contribution < -0.4 is 11.1 Å². The Kier molecular flexibility index (Phi) is 5.48. The van der Waals surface area contributed by atoms with Crippen LogP contribution in [0.5, 0.6) is 0 Å². The van der Waals surface area contributed by atoms with Crippen molar-refractivity contribution in [3.05, 3.63) is 35.4 Å². The lowest BCUT2D eigenvalue weighted by Gasteiger charge is -2.22. The molecule has 0 aliphatic carbocycles. The van der Waals surface area contributed by atoms with Crippen LogP contribution in [0.4, 0.5) is 0 Å². The lowest BCUT2D eigenvalue weighted by atomic mass is 9.90. The second-order valence-electron chi connectivity index (χ2n) is 5.53. The number of benzene rings is 1. The first-order valence-electron chi connectivity index (χ1n) is 6.49. The van der Waals surface area contributed by atoms with Crippen LogP contribution in [-0.4, -0.2) is 17.4 Å². The van der Waals surface area contributed by atoms with Gasteiger partial charge in [-0.25, -0.2) is 0 Å². The van der Waals surface area contributed by atoms with Crippen LogP contribution in [0.1, 0.15) is 38.3 Å². The Morgan fingerprint density at radius 2 is 1.89 bits per heavy atom. The highest BCUT2D eigenvalue weighted by Crippen LogP contribution is 2.17. The monoisotopic (exact) mass is 278 g/mol. The molecule has 4 heteroatoms. The van der Waals surface area contributed by atoms with Gasteiger partial charge in [0.2, 0.25) is 5.91 Å².